The number of nitrogens with two attached hydrogens (primary N) is 1. The van der Waals surface area contributed by atoms with Crippen molar-refractivity contribution in [2.45, 2.75) is 102 Å². The van der Waals surface area contributed by atoms with Crippen molar-refractivity contribution >= 4 is 23.3 Å². The average Bonchev–Trinajstić information content (AvgIpc) is 1.28. The smallest absolute Gasteiger partial charge is 0.161 e. The summed E-state index contributed by atoms with van der Waals surface area (Å²) in [5, 5.41) is 92.1. The predicted molar refractivity (Wildman–Crippen MR) is 517 cm³/mol. The Morgan fingerprint density at radius 1 is 0.368 bits per heavy atom. The SMILES string of the molecule is Cn1cc(-c2cccc(-c3ncc(-c4ccn(C)n4)c(NC4CCC(N)CC4)n3)c2)cn1.Cn1cc(-c2cccc(-c3ncc(-c4ccn(C)n4)c(NCC4(O)CCNCC4(C)C)n3)c2)cn1.Cn1cc(-c2cccc(-c3ncc(-c4cnn(C)c4)c(NCC4(O)CCNCC4(C)C)n3)c2)cn1.Cn1cc(-c2cccc(-c3ncc(-c4cnn(C)c4)c(N[C@@H]4CNC[C@H]4O)n3)c2)cn1. The molecule has 4 fully saturated rings. The molecule has 16 aromatic rings. The number of nitrogens with one attached hydrogen (secondary N) is 7. The van der Waals surface area contributed by atoms with E-state index in [0.29, 0.717) is 91.9 Å². The van der Waals surface area contributed by atoms with Gasteiger partial charge in [-0.3, -0.25) is 37.5 Å². The molecule has 0 spiro atoms. The molecule has 686 valence electrons. The van der Waals surface area contributed by atoms with E-state index >= 15 is 0 Å². The summed E-state index contributed by atoms with van der Waals surface area (Å²) < 4.78 is 14.2. The Labute approximate surface area is 772 Å². The predicted octanol–water partition coefficient (Wildman–Crippen LogP) is 11.5. The van der Waals surface area contributed by atoms with Gasteiger partial charge in [0.05, 0.1) is 83.0 Å². The molecular formula is C98H116N32O3. The molecule has 35 heteroatoms. The molecule has 2 unspecified atom stereocenters. The number of anilines is 4. The lowest BCUT2D eigenvalue weighted by molar-refractivity contribution is -0.0765. The maximum absolute atomic E-state index is 11.5. The van der Waals surface area contributed by atoms with Crippen LogP contribution < -0.4 is 43.0 Å². The van der Waals surface area contributed by atoms with Crippen molar-refractivity contribution in [1.29, 1.82) is 0 Å². The Hall–Kier alpha value is -14.2. The molecule has 0 radical (unpaired) electrons. The lowest BCUT2D eigenvalue weighted by atomic mass is 9.70. The summed E-state index contributed by atoms with van der Waals surface area (Å²) in [5.74, 6) is 5.35. The Balaban J connectivity index is 0.000000124. The number of rotatable bonds is 22. The molecule has 20 rings (SSSR count). The zero-order valence-corrected chi connectivity index (χ0v) is 77.1. The van der Waals surface area contributed by atoms with Crippen LogP contribution in [-0.2, 0) is 56.4 Å². The van der Waals surface area contributed by atoms with Gasteiger partial charge in [-0.2, -0.15) is 40.8 Å². The van der Waals surface area contributed by atoms with Gasteiger partial charge in [-0.15, -0.1) is 0 Å². The highest BCUT2D eigenvalue weighted by Crippen LogP contribution is 2.42. The number of aliphatic hydroxyl groups is 3. The molecule has 0 bridgehead atoms. The van der Waals surface area contributed by atoms with E-state index < -0.39 is 17.3 Å². The van der Waals surface area contributed by atoms with Crippen molar-refractivity contribution in [2.24, 2.45) is 72.9 Å². The number of aromatic nitrogens is 24. The summed E-state index contributed by atoms with van der Waals surface area (Å²) in [6.07, 6.45) is 39.0. The monoisotopic (exact) mass is 1790 g/mol. The van der Waals surface area contributed by atoms with Crippen molar-refractivity contribution < 1.29 is 15.3 Å². The van der Waals surface area contributed by atoms with E-state index in [1.54, 1.807) is 56.0 Å². The van der Waals surface area contributed by atoms with Gasteiger partial charge >= 0.3 is 0 Å². The Morgan fingerprint density at radius 2 is 0.692 bits per heavy atom. The summed E-state index contributed by atoms with van der Waals surface area (Å²) in [7, 11) is 15.2. The maximum atomic E-state index is 11.5. The number of nitrogens with zero attached hydrogens (tertiary/aromatic N) is 24. The van der Waals surface area contributed by atoms with E-state index in [1.165, 1.54) is 0 Å². The molecule has 3 aliphatic heterocycles. The minimum absolute atomic E-state index is 0.125. The fourth-order valence-corrected chi connectivity index (χ4v) is 17.2. The van der Waals surface area contributed by atoms with Crippen LogP contribution in [0.5, 0.6) is 0 Å². The van der Waals surface area contributed by atoms with E-state index in [1.807, 2.05) is 216 Å². The Kier molecular flexibility index (Phi) is 26.7. The Morgan fingerprint density at radius 3 is 1.02 bits per heavy atom. The van der Waals surface area contributed by atoms with Gasteiger partial charge in [0, 0.05) is 260 Å². The second-order valence-corrected chi connectivity index (χ2v) is 36.4. The molecule has 35 nitrogen and oxygen atoms in total. The van der Waals surface area contributed by atoms with Gasteiger partial charge in [-0.05, 0) is 110 Å². The zero-order chi connectivity index (χ0) is 92.7. The van der Waals surface area contributed by atoms with Crippen molar-refractivity contribution in [2.75, 3.05) is 73.6 Å². The first-order chi connectivity index (χ1) is 64.1. The van der Waals surface area contributed by atoms with Crippen molar-refractivity contribution in [3.05, 3.63) is 221 Å². The van der Waals surface area contributed by atoms with Crippen LogP contribution in [0.1, 0.15) is 66.2 Å². The van der Waals surface area contributed by atoms with Crippen LogP contribution >= 0.6 is 0 Å². The lowest BCUT2D eigenvalue weighted by Crippen LogP contribution is -2.59. The minimum Gasteiger partial charge on any atom is -0.390 e. The van der Waals surface area contributed by atoms with Gasteiger partial charge in [-0.25, -0.2) is 39.9 Å². The first-order valence-corrected chi connectivity index (χ1v) is 45.0. The third-order valence-corrected chi connectivity index (χ3v) is 25.6. The van der Waals surface area contributed by atoms with Crippen LogP contribution in [0, 0.1) is 10.8 Å². The highest BCUT2D eigenvalue weighted by atomic mass is 16.3. The molecule has 3 saturated heterocycles. The van der Waals surface area contributed by atoms with Gasteiger partial charge in [0.25, 0.3) is 0 Å². The summed E-state index contributed by atoms with van der Waals surface area (Å²) >= 11 is 0. The van der Waals surface area contributed by atoms with E-state index in [-0.39, 0.29) is 16.9 Å². The number of aliphatic hydroxyl groups excluding tert-OH is 1. The molecule has 15 heterocycles. The van der Waals surface area contributed by atoms with Crippen molar-refractivity contribution in [3.8, 4) is 135 Å². The van der Waals surface area contributed by atoms with E-state index in [0.717, 1.165) is 169 Å². The number of hydrogen-bond donors (Lipinski definition) is 11. The van der Waals surface area contributed by atoms with Crippen LogP contribution in [0.25, 0.3) is 135 Å². The second kappa shape index (κ2) is 39.1. The molecule has 12 N–H and O–H groups in total. The molecule has 4 aliphatic rings. The maximum Gasteiger partial charge on any atom is 0.161 e. The first kappa shape index (κ1) is 90.7. The van der Waals surface area contributed by atoms with E-state index in [2.05, 4.69) is 158 Å². The molecule has 4 aromatic carbocycles. The number of piperidine rings is 2. The number of aryl methyl sites for hydroxylation is 8. The van der Waals surface area contributed by atoms with Gasteiger partial charge < -0.3 is 58.3 Å². The molecule has 0 amide bonds. The molecule has 1 saturated carbocycles. The van der Waals surface area contributed by atoms with Gasteiger partial charge in [0.1, 0.15) is 23.3 Å². The minimum atomic E-state index is -0.870. The van der Waals surface area contributed by atoms with Crippen LogP contribution in [-0.4, -0.2) is 221 Å². The standard InChI is InChI=1S/2C26H32N8O.C24H28N8.C22H24N8O/c1-25(2)16-27-10-9-26(25,35)17-29-24-21(22-8-11-33(3)32-22)14-28-23(31-24)19-7-5-6-18(12-19)20-13-30-34(4)15-20;1-25(2)16-27-9-8-26(25,35)17-29-24-22(21-12-31-34(4)15-21)13-28-23(32-24)19-7-5-6-18(10-19)20-11-30-33(3)14-20;1-31-11-10-22(30-31)21-14-26-23(29-24(21)28-20-8-6-19(25)7-9-20)17-5-3-4-16(12-17)18-13-27-32(2)15-18;1-29-12-16(7-25-29)14-4-3-5-15(6-14)21-24-9-18(17-8-26-30(2)13-17)22(28-21)27-19-10-23-11-20(19)31/h5-8,11-15,27,35H,9-10,16-17H2,1-4H3,(H,28,29,31);5-7,10-15,27,35H,8-9,16-17H2,1-4H3,(H,28,29,32);3-5,10-15,19-20H,6-9,25H2,1-2H3,(H,26,28,29);3-9,12-13,19-20,23,31H,10-11H2,1-2H3,(H,24,27,28)/t;;;19-,20-/m...1/s1. The van der Waals surface area contributed by atoms with Crippen LogP contribution in [0.15, 0.2) is 221 Å². The molecule has 1 aliphatic carbocycles. The fourth-order valence-electron chi connectivity index (χ4n) is 17.2. The highest BCUT2D eigenvalue weighted by Gasteiger charge is 2.47. The fraction of sp³-hybridized carbons (Fsp3) is 0.347. The van der Waals surface area contributed by atoms with Gasteiger partial charge in [-0.1, -0.05) is 100 Å². The number of hydrogen-bond acceptors (Lipinski definition) is 27. The second-order valence-electron chi connectivity index (χ2n) is 36.4. The van der Waals surface area contributed by atoms with Crippen molar-refractivity contribution in [1.82, 2.24) is 134 Å². The third-order valence-electron chi connectivity index (χ3n) is 25.6. The summed E-state index contributed by atoms with van der Waals surface area (Å²) in [5.41, 5.74) is 22.8. The normalized spacial score (nSPS) is 19.1. The van der Waals surface area contributed by atoms with Crippen LogP contribution in [0.4, 0.5) is 23.3 Å². The summed E-state index contributed by atoms with van der Waals surface area (Å²) in [6, 6.07) is 37.1. The van der Waals surface area contributed by atoms with Crippen LogP contribution in [0.2, 0.25) is 0 Å². The number of benzene rings is 4. The molecular weight excluding hydrogens is 1670 g/mol. The quantitative estimate of drug-likeness (QED) is 0.0300. The summed E-state index contributed by atoms with van der Waals surface area (Å²) in [4.78, 5) is 38.4. The third kappa shape index (κ3) is 21.1. The molecule has 12 aromatic heterocycles. The highest BCUT2D eigenvalue weighted by molar-refractivity contribution is 5.81. The van der Waals surface area contributed by atoms with E-state index in [9.17, 15) is 15.3 Å². The largest absolute Gasteiger partial charge is 0.390 e. The van der Waals surface area contributed by atoms with E-state index in [4.69, 9.17) is 35.6 Å². The van der Waals surface area contributed by atoms with Gasteiger partial charge in [0.15, 0.2) is 23.3 Å². The average molecular weight is 1790 g/mol. The summed E-state index contributed by atoms with van der Waals surface area (Å²) in [6.45, 7) is 13.5. The zero-order valence-electron chi connectivity index (χ0n) is 77.1. The van der Waals surface area contributed by atoms with Crippen molar-refractivity contribution in [3.63, 3.8) is 0 Å². The first-order valence-electron chi connectivity index (χ1n) is 45.0. The Bertz CT molecular complexity index is 6490. The topological polar surface area (TPSA) is 417 Å². The molecule has 133 heavy (non-hydrogen) atoms. The van der Waals surface area contributed by atoms with Gasteiger partial charge in [0.2, 0.25) is 0 Å². The number of β-amino-alcohol motifs (C(OH)–C–C–N with tert-alkyl or cyclic N) is 1. The molecule has 4 atom stereocenters. The lowest BCUT2D eigenvalue weighted by Gasteiger charge is -2.46. The van der Waals surface area contributed by atoms with Crippen LogP contribution in [0.3, 0.4) is 0 Å².